The lowest BCUT2D eigenvalue weighted by Crippen LogP contribution is -2.22. The fraction of sp³-hybridized carbons (Fsp3) is 0.267. The third-order valence-electron chi connectivity index (χ3n) is 3.05. The summed E-state index contributed by atoms with van der Waals surface area (Å²) in [7, 11) is 0. The molecule has 2 aromatic rings. The van der Waals surface area contributed by atoms with E-state index in [1.165, 1.54) is 0 Å². The predicted octanol–water partition coefficient (Wildman–Crippen LogP) is 3.20. The maximum Gasteiger partial charge on any atom is 0.115 e. The predicted molar refractivity (Wildman–Crippen MR) is 72.3 cm³/mol. The van der Waals surface area contributed by atoms with Crippen molar-refractivity contribution in [1.29, 1.82) is 0 Å². The molecule has 0 saturated heterocycles. The summed E-state index contributed by atoms with van der Waals surface area (Å²) in [6, 6.07) is 11.7. The van der Waals surface area contributed by atoms with Crippen molar-refractivity contribution in [1.82, 2.24) is 10.3 Å². The van der Waals surface area contributed by atoms with Gasteiger partial charge in [0.05, 0.1) is 0 Å². The van der Waals surface area contributed by atoms with Crippen molar-refractivity contribution in [2.45, 2.75) is 25.9 Å². The number of aromatic hydroxyl groups is 1. The molecule has 0 aliphatic rings. The average molecular weight is 242 g/mol. The maximum absolute atomic E-state index is 9.48. The Hall–Kier alpha value is -1.87. The third kappa shape index (κ3) is 3.08. The highest BCUT2D eigenvalue weighted by Gasteiger charge is 2.11. The summed E-state index contributed by atoms with van der Waals surface area (Å²) >= 11 is 0. The molecule has 1 aromatic heterocycles. The number of nitrogens with one attached hydrogen (secondary N) is 1. The number of hydrogen-bond acceptors (Lipinski definition) is 3. The first-order valence-electron chi connectivity index (χ1n) is 6.11. The first kappa shape index (κ1) is 12.6. The number of nitrogens with zero attached hydrogens (tertiary/aromatic N) is 1. The largest absolute Gasteiger partial charge is 0.508 e. The number of aromatic nitrogens is 1. The normalized spacial score (nSPS) is 14.1. The Bertz CT molecular complexity index is 499. The van der Waals surface area contributed by atoms with Crippen LogP contribution < -0.4 is 5.32 Å². The third-order valence-corrected chi connectivity index (χ3v) is 3.05. The van der Waals surface area contributed by atoms with Gasteiger partial charge in [-0.1, -0.05) is 18.2 Å². The van der Waals surface area contributed by atoms with Crippen LogP contribution in [-0.2, 0) is 0 Å². The molecular formula is C15H18N2O. The van der Waals surface area contributed by atoms with Crippen LogP contribution in [0.3, 0.4) is 0 Å². The quantitative estimate of drug-likeness (QED) is 0.865. The molecule has 0 bridgehead atoms. The van der Waals surface area contributed by atoms with E-state index >= 15 is 0 Å². The van der Waals surface area contributed by atoms with Crippen LogP contribution in [0.15, 0.2) is 48.8 Å². The van der Waals surface area contributed by atoms with Gasteiger partial charge in [-0.25, -0.2) is 0 Å². The Labute approximate surface area is 108 Å². The zero-order valence-corrected chi connectivity index (χ0v) is 10.7. The summed E-state index contributed by atoms with van der Waals surface area (Å²) < 4.78 is 0. The van der Waals surface area contributed by atoms with Crippen molar-refractivity contribution >= 4 is 0 Å². The highest BCUT2D eigenvalue weighted by atomic mass is 16.3. The molecule has 1 aromatic carbocycles. The Balaban J connectivity index is 2.05. The number of phenolic OH excluding ortho intramolecular Hbond substituents is 1. The lowest BCUT2D eigenvalue weighted by molar-refractivity contribution is 0.466. The van der Waals surface area contributed by atoms with E-state index in [2.05, 4.69) is 30.2 Å². The number of pyridine rings is 1. The first-order chi connectivity index (χ1) is 8.66. The van der Waals surface area contributed by atoms with Gasteiger partial charge in [-0.3, -0.25) is 4.98 Å². The van der Waals surface area contributed by atoms with Crippen LogP contribution in [0, 0.1) is 0 Å². The number of rotatable bonds is 4. The smallest absolute Gasteiger partial charge is 0.115 e. The molecule has 0 aliphatic heterocycles. The zero-order chi connectivity index (χ0) is 13.0. The van der Waals surface area contributed by atoms with Crippen molar-refractivity contribution in [3.63, 3.8) is 0 Å². The van der Waals surface area contributed by atoms with E-state index in [1.807, 2.05) is 24.4 Å². The van der Waals surface area contributed by atoms with Crippen LogP contribution in [0.4, 0.5) is 0 Å². The molecule has 1 heterocycles. The summed E-state index contributed by atoms with van der Waals surface area (Å²) in [6.07, 6.45) is 3.64. The Morgan fingerprint density at radius 1 is 1.06 bits per heavy atom. The number of benzene rings is 1. The van der Waals surface area contributed by atoms with Crippen LogP contribution >= 0.6 is 0 Å². The van der Waals surface area contributed by atoms with Crippen LogP contribution in [0.5, 0.6) is 5.75 Å². The van der Waals surface area contributed by atoms with Crippen LogP contribution in [0.25, 0.3) is 0 Å². The van der Waals surface area contributed by atoms with Gasteiger partial charge in [0.2, 0.25) is 0 Å². The highest BCUT2D eigenvalue weighted by Crippen LogP contribution is 2.21. The van der Waals surface area contributed by atoms with E-state index in [0.717, 1.165) is 11.1 Å². The van der Waals surface area contributed by atoms with Gasteiger partial charge in [0.25, 0.3) is 0 Å². The molecule has 0 fully saturated rings. The van der Waals surface area contributed by atoms with Crippen molar-refractivity contribution in [2.24, 2.45) is 0 Å². The van der Waals surface area contributed by atoms with Crippen molar-refractivity contribution in [2.75, 3.05) is 0 Å². The van der Waals surface area contributed by atoms with Gasteiger partial charge in [-0.15, -0.1) is 0 Å². The average Bonchev–Trinajstić information content (AvgIpc) is 2.39. The minimum atomic E-state index is 0.173. The summed E-state index contributed by atoms with van der Waals surface area (Å²) in [5.41, 5.74) is 2.23. The topological polar surface area (TPSA) is 45.2 Å². The molecule has 1 unspecified atom stereocenters. The molecule has 18 heavy (non-hydrogen) atoms. The minimum absolute atomic E-state index is 0.173. The van der Waals surface area contributed by atoms with Gasteiger partial charge >= 0.3 is 0 Å². The van der Waals surface area contributed by atoms with E-state index in [4.69, 9.17) is 0 Å². The minimum Gasteiger partial charge on any atom is -0.508 e. The van der Waals surface area contributed by atoms with E-state index in [0.29, 0.717) is 5.75 Å². The number of hydrogen-bond donors (Lipinski definition) is 2. The molecule has 3 nitrogen and oxygen atoms in total. The van der Waals surface area contributed by atoms with Crippen LogP contribution in [0.2, 0.25) is 0 Å². The molecule has 3 heteroatoms. The van der Waals surface area contributed by atoms with Gasteiger partial charge in [0.1, 0.15) is 5.75 Å². The van der Waals surface area contributed by atoms with Gasteiger partial charge in [-0.05, 0) is 43.2 Å². The summed E-state index contributed by atoms with van der Waals surface area (Å²) in [6.45, 7) is 4.19. The van der Waals surface area contributed by atoms with Crippen LogP contribution in [-0.4, -0.2) is 10.1 Å². The Morgan fingerprint density at radius 2 is 1.78 bits per heavy atom. The molecule has 2 rings (SSSR count). The van der Waals surface area contributed by atoms with Gasteiger partial charge in [0, 0.05) is 24.5 Å². The monoisotopic (exact) mass is 242 g/mol. The molecular weight excluding hydrogens is 224 g/mol. The van der Waals surface area contributed by atoms with Crippen molar-refractivity contribution in [3.05, 3.63) is 59.9 Å². The number of phenols is 1. The lowest BCUT2D eigenvalue weighted by Gasteiger charge is -2.20. The summed E-state index contributed by atoms with van der Waals surface area (Å²) in [4.78, 5) is 4.12. The van der Waals surface area contributed by atoms with E-state index < -0.39 is 0 Å². The fourth-order valence-electron chi connectivity index (χ4n) is 1.99. The second-order valence-corrected chi connectivity index (χ2v) is 4.49. The van der Waals surface area contributed by atoms with E-state index in [-0.39, 0.29) is 12.1 Å². The molecule has 94 valence electrons. The molecule has 0 radical (unpaired) electrons. The summed E-state index contributed by atoms with van der Waals surface area (Å²) in [5.74, 6) is 0.301. The van der Waals surface area contributed by atoms with Gasteiger partial charge in [-0.2, -0.15) is 0 Å². The fourth-order valence-corrected chi connectivity index (χ4v) is 1.99. The van der Waals surface area contributed by atoms with Crippen molar-refractivity contribution in [3.8, 4) is 5.75 Å². The van der Waals surface area contributed by atoms with Crippen molar-refractivity contribution < 1.29 is 5.11 Å². The second kappa shape index (κ2) is 5.65. The molecule has 0 saturated carbocycles. The summed E-state index contributed by atoms with van der Waals surface area (Å²) in [5, 5.41) is 13.0. The molecule has 2 N–H and O–H groups in total. The first-order valence-corrected chi connectivity index (χ1v) is 6.11. The van der Waals surface area contributed by atoms with E-state index in [9.17, 15) is 5.11 Å². The lowest BCUT2D eigenvalue weighted by atomic mass is 10.1. The van der Waals surface area contributed by atoms with E-state index in [1.54, 1.807) is 18.3 Å². The molecule has 0 amide bonds. The van der Waals surface area contributed by atoms with Gasteiger partial charge < -0.3 is 10.4 Å². The van der Waals surface area contributed by atoms with Gasteiger partial charge in [0.15, 0.2) is 0 Å². The Morgan fingerprint density at radius 3 is 2.44 bits per heavy atom. The standard InChI is InChI=1S/C15H18N2O/c1-11(13-5-3-7-15(18)9-13)17-12(2)14-6-4-8-16-10-14/h3-12,17-18H,1-2H3/t11?,12-/m0/s1. The molecule has 0 aliphatic carbocycles. The maximum atomic E-state index is 9.48. The zero-order valence-electron chi connectivity index (χ0n) is 10.7. The second-order valence-electron chi connectivity index (χ2n) is 4.49. The molecule has 0 spiro atoms. The van der Waals surface area contributed by atoms with Crippen LogP contribution in [0.1, 0.15) is 37.1 Å². The Kier molecular flexibility index (Phi) is 3.95. The molecule has 2 atom stereocenters. The SMILES string of the molecule is CC(N[C@@H](C)c1cccnc1)c1cccc(O)c1. The highest BCUT2D eigenvalue weighted by molar-refractivity contribution is 5.29.